The molecule has 7 nitrogen and oxygen atoms in total. The Morgan fingerprint density at radius 3 is 2.79 bits per heavy atom. The van der Waals surface area contributed by atoms with Crippen LogP contribution in [0.25, 0.3) is 0 Å². The molecule has 3 rings (SSSR count). The van der Waals surface area contributed by atoms with Gasteiger partial charge in [0.2, 0.25) is 5.01 Å². The van der Waals surface area contributed by atoms with E-state index in [0.717, 1.165) is 37.1 Å². The summed E-state index contributed by atoms with van der Waals surface area (Å²) in [4.78, 5) is 12.5. The maximum atomic E-state index is 12.5. The van der Waals surface area contributed by atoms with Gasteiger partial charge in [-0.25, -0.2) is 0 Å². The van der Waals surface area contributed by atoms with E-state index in [9.17, 15) is 4.79 Å². The quantitative estimate of drug-likeness (QED) is 0.716. The van der Waals surface area contributed by atoms with Crippen LogP contribution in [0, 0.1) is 11.3 Å². The number of nitriles is 1. The second-order valence-corrected chi connectivity index (χ2v) is 8.50. The van der Waals surface area contributed by atoms with E-state index in [2.05, 4.69) is 21.6 Å². The van der Waals surface area contributed by atoms with E-state index in [4.69, 9.17) is 14.7 Å². The molecule has 1 aliphatic carbocycles. The van der Waals surface area contributed by atoms with Crippen LogP contribution in [-0.4, -0.2) is 35.4 Å². The zero-order valence-electron chi connectivity index (χ0n) is 17.0. The lowest BCUT2D eigenvalue weighted by atomic mass is 10.1. The molecule has 1 aromatic carbocycles. The average Bonchev–Trinajstić information content (AvgIpc) is 3.12. The highest BCUT2D eigenvalue weighted by atomic mass is 32.1. The van der Waals surface area contributed by atoms with Gasteiger partial charge in [-0.15, -0.1) is 10.2 Å². The van der Waals surface area contributed by atoms with Crippen LogP contribution in [0.3, 0.4) is 0 Å². The molecule has 2 atom stereocenters. The van der Waals surface area contributed by atoms with E-state index in [1.54, 1.807) is 25.3 Å². The number of rotatable bonds is 6. The maximum Gasteiger partial charge on any atom is 0.282 e. The SMILES string of the molecule is COc1cc(O[C@@H]2CCC[C@@H](NC(=O)c3nnc(C(C)C)s3)CC2)ccc1C#N. The molecular formula is C21H26N4O3S. The third-order valence-electron chi connectivity index (χ3n) is 4.98. The first kappa shape index (κ1) is 21.1. The summed E-state index contributed by atoms with van der Waals surface area (Å²) in [6.45, 7) is 4.08. The van der Waals surface area contributed by atoms with Crippen molar-refractivity contribution in [3.8, 4) is 17.6 Å². The fourth-order valence-electron chi connectivity index (χ4n) is 3.37. The monoisotopic (exact) mass is 414 g/mol. The average molecular weight is 415 g/mol. The number of nitrogens with one attached hydrogen (secondary N) is 1. The maximum absolute atomic E-state index is 12.5. The lowest BCUT2D eigenvalue weighted by molar-refractivity contribution is 0.0930. The molecule has 1 aromatic heterocycles. The van der Waals surface area contributed by atoms with Crippen LogP contribution < -0.4 is 14.8 Å². The molecule has 1 fully saturated rings. The van der Waals surface area contributed by atoms with Gasteiger partial charge >= 0.3 is 0 Å². The summed E-state index contributed by atoms with van der Waals surface area (Å²) in [7, 11) is 1.54. The summed E-state index contributed by atoms with van der Waals surface area (Å²) in [5.41, 5.74) is 0.487. The highest BCUT2D eigenvalue weighted by Gasteiger charge is 2.23. The van der Waals surface area contributed by atoms with Crippen LogP contribution in [0.15, 0.2) is 18.2 Å². The Kier molecular flexibility index (Phi) is 7.04. The Hall–Kier alpha value is -2.66. The topological polar surface area (TPSA) is 97.1 Å². The summed E-state index contributed by atoms with van der Waals surface area (Å²) in [6, 6.07) is 7.47. The normalized spacial score (nSPS) is 19.3. The summed E-state index contributed by atoms with van der Waals surface area (Å²) in [6.07, 6.45) is 4.57. The predicted molar refractivity (Wildman–Crippen MR) is 110 cm³/mol. The smallest absolute Gasteiger partial charge is 0.282 e. The molecule has 0 saturated heterocycles. The first-order chi connectivity index (χ1) is 14.0. The molecule has 0 spiro atoms. The fourth-order valence-corrected chi connectivity index (χ4v) is 4.12. The van der Waals surface area contributed by atoms with Gasteiger partial charge in [-0.2, -0.15) is 5.26 Å². The zero-order chi connectivity index (χ0) is 20.8. The van der Waals surface area contributed by atoms with Crippen LogP contribution in [0.1, 0.15) is 72.2 Å². The number of nitrogens with zero attached hydrogens (tertiary/aromatic N) is 3. The highest BCUT2D eigenvalue weighted by Crippen LogP contribution is 2.28. The highest BCUT2D eigenvalue weighted by molar-refractivity contribution is 7.13. The first-order valence-corrected chi connectivity index (χ1v) is 10.7. The number of hydrogen-bond donors (Lipinski definition) is 1. The molecule has 1 aliphatic rings. The van der Waals surface area contributed by atoms with Crippen LogP contribution >= 0.6 is 11.3 Å². The summed E-state index contributed by atoms with van der Waals surface area (Å²) >= 11 is 1.36. The van der Waals surface area contributed by atoms with E-state index in [1.165, 1.54) is 11.3 Å². The van der Waals surface area contributed by atoms with Crippen molar-refractivity contribution in [2.24, 2.45) is 0 Å². The van der Waals surface area contributed by atoms with Gasteiger partial charge in [-0.3, -0.25) is 4.79 Å². The lowest BCUT2D eigenvalue weighted by Gasteiger charge is -2.18. The Balaban J connectivity index is 1.55. The molecule has 2 aromatic rings. The third kappa shape index (κ3) is 5.45. The molecule has 1 heterocycles. The molecule has 0 bridgehead atoms. The molecule has 1 N–H and O–H groups in total. The number of hydrogen-bond acceptors (Lipinski definition) is 7. The second-order valence-electron chi connectivity index (χ2n) is 7.49. The lowest BCUT2D eigenvalue weighted by Crippen LogP contribution is -2.34. The third-order valence-corrected chi connectivity index (χ3v) is 6.20. The van der Waals surface area contributed by atoms with Crippen LogP contribution in [0.5, 0.6) is 11.5 Å². The van der Waals surface area contributed by atoms with Gasteiger partial charge in [-0.1, -0.05) is 25.2 Å². The molecular weight excluding hydrogens is 388 g/mol. The van der Waals surface area contributed by atoms with Crippen LogP contribution in [0.2, 0.25) is 0 Å². The molecule has 8 heteroatoms. The van der Waals surface area contributed by atoms with Crippen molar-refractivity contribution in [2.45, 2.75) is 64.0 Å². The van der Waals surface area contributed by atoms with E-state index in [-0.39, 0.29) is 24.0 Å². The van der Waals surface area contributed by atoms with Gasteiger partial charge in [0.05, 0.1) is 18.8 Å². The van der Waals surface area contributed by atoms with Gasteiger partial charge in [0.25, 0.3) is 5.91 Å². The minimum absolute atomic E-state index is 0.0728. The Labute approximate surface area is 175 Å². The molecule has 1 amide bonds. The number of ether oxygens (including phenoxy) is 2. The second kappa shape index (κ2) is 9.70. The van der Waals surface area contributed by atoms with Gasteiger partial charge in [0, 0.05) is 18.0 Å². The minimum Gasteiger partial charge on any atom is -0.495 e. The molecule has 29 heavy (non-hydrogen) atoms. The number of carbonyl (C=O) groups excluding carboxylic acids is 1. The van der Waals surface area contributed by atoms with Crippen molar-refractivity contribution in [3.05, 3.63) is 33.8 Å². The van der Waals surface area contributed by atoms with Crippen LogP contribution in [0.4, 0.5) is 0 Å². The van der Waals surface area contributed by atoms with Crippen molar-refractivity contribution in [3.63, 3.8) is 0 Å². The standard InChI is InChI=1S/C21H26N4O3S/c1-13(2)20-24-25-21(29-20)19(26)23-15-5-4-6-16(10-8-15)28-17-9-7-14(12-22)18(11-17)27-3/h7,9,11,13,15-16H,4-6,8,10H2,1-3H3,(H,23,26)/t15-,16-/m1/s1. The molecule has 0 radical (unpaired) electrons. The van der Waals surface area contributed by atoms with E-state index >= 15 is 0 Å². The van der Waals surface area contributed by atoms with E-state index in [0.29, 0.717) is 22.1 Å². The Bertz CT molecular complexity index is 890. The van der Waals surface area contributed by atoms with Crippen LogP contribution in [-0.2, 0) is 0 Å². The summed E-state index contributed by atoms with van der Waals surface area (Å²) < 4.78 is 11.4. The predicted octanol–water partition coefficient (Wildman–Crippen LogP) is 4.05. The van der Waals surface area contributed by atoms with E-state index < -0.39 is 0 Å². The largest absolute Gasteiger partial charge is 0.495 e. The van der Waals surface area contributed by atoms with Crippen molar-refractivity contribution >= 4 is 17.2 Å². The number of amides is 1. The Morgan fingerprint density at radius 1 is 1.28 bits per heavy atom. The number of carbonyl (C=O) groups is 1. The Morgan fingerprint density at radius 2 is 2.10 bits per heavy atom. The van der Waals surface area contributed by atoms with Gasteiger partial charge < -0.3 is 14.8 Å². The van der Waals surface area contributed by atoms with Crippen molar-refractivity contribution < 1.29 is 14.3 Å². The summed E-state index contributed by atoms with van der Waals surface area (Å²) in [5, 5.41) is 21.6. The first-order valence-electron chi connectivity index (χ1n) is 9.89. The van der Waals surface area contributed by atoms with Crippen molar-refractivity contribution in [1.82, 2.24) is 15.5 Å². The van der Waals surface area contributed by atoms with Crippen molar-refractivity contribution in [1.29, 1.82) is 5.26 Å². The molecule has 0 aliphatic heterocycles. The number of aromatic nitrogens is 2. The van der Waals surface area contributed by atoms with Crippen molar-refractivity contribution in [2.75, 3.05) is 7.11 Å². The molecule has 1 saturated carbocycles. The van der Waals surface area contributed by atoms with Gasteiger partial charge in [0.1, 0.15) is 22.6 Å². The van der Waals surface area contributed by atoms with Gasteiger partial charge in [-0.05, 0) is 44.2 Å². The number of methoxy groups -OCH3 is 1. The van der Waals surface area contributed by atoms with E-state index in [1.807, 2.05) is 13.8 Å². The zero-order valence-corrected chi connectivity index (χ0v) is 17.8. The number of benzene rings is 1. The molecule has 154 valence electrons. The van der Waals surface area contributed by atoms with Gasteiger partial charge in [0.15, 0.2) is 0 Å². The fraction of sp³-hybridized carbons (Fsp3) is 0.524. The minimum atomic E-state index is -0.143. The summed E-state index contributed by atoms with van der Waals surface area (Å²) in [5.74, 6) is 1.34. The molecule has 0 unspecified atom stereocenters.